The Labute approximate surface area is 104 Å². The molecule has 1 atom stereocenters. The van der Waals surface area contributed by atoms with E-state index in [1.54, 1.807) is 0 Å². The second-order valence-corrected chi connectivity index (χ2v) is 5.22. The number of rotatable bonds is 5. The van der Waals surface area contributed by atoms with Crippen LogP contribution in [0.5, 0.6) is 0 Å². The molecule has 17 heavy (non-hydrogen) atoms. The Morgan fingerprint density at radius 1 is 1.35 bits per heavy atom. The summed E-state index contributed by atoms with van der Waals surface area (Å²) in [7, 11) is 1.93. The van der Waals surface area contributed by atoms with Crippen molar-refractivity contribution in [3.63, 3.8) is 0 Å². The van der Waals surface area contributed by atoms with E-state index < -0.39 is 0 Å². The van der Waals surface area contributed by atoms with Gasteiger partial charge in [0, 0.05) is 26.3 Å². The first-order valence-electron chi connectivity index (χ1n) is 6.63. The molecule has 0 aliphatic carbocycles. The van der Waals surface area contributed by atoms with Crippen molar-refractivity contribution in [3.05, 3.63) is 11.9 Å². The molecule has 1 aromatic rings. The number of hydrogen-bond donors (Lipinski definition) is 1. The highest BCUT2D eigenvalue weighted by Crippen LogP contribution is 2.14. The zero-order valence-corrected chi connectivity index (χ0v) is 11.2. The lowest BCUT2D eigenvalue weighted by Gasteiger charge is -2.21. The van der Waals surface area contributed by atoms with Crippen LogP contribution in [-0.4, -0.2) is 41.1 Å². The number of nitrogens with zero attached hydrogens (tertiary/aromatic N) is 3. The van der Waals surface area contributed by atoms with Crippen molar-refractivity contribution in [1.82, 2.24) is 14.5 Å². The molecule has 4 nitrogen and oxygen atoms in total. The minimum Gasteiger partial charge on any atom is -0.359 e. The van der Waals surface area contributed by atoms with Gasteiger partial charge in [-0.1, -0.05) is 6.92 Å². The first kappa shape index (κ1) is 12.4. The van der Waals surface area contributed by atoms with Crippen molar-refractivity contribution >= 4 is 5.95 Å². The van der Waals surface area contributed by atoms with Gasteiger partial charge in [0.05, 0.1) is 5.69 Å². The highest BCUT2D eigenvalue weighted by Gasteiger charge is 2.15. The molecule has 96 valence electrons. The Morgan fingerprint density at radius 3 is 2.71 bits per heavy atom. The summed E-state index contributed by atoms with van der Waals surface area (Å²) in [6, 6.07) is 0. The van der Waals surface area contributed by atoms with Gasteiger partial charge in [0.15, 0.2) is 0 Å². The van der Waals surface area contributed by atoms with Crippen LogP contribution in [0.1, 0.15) is 25.5 Å². The third-order valence-corrected chi connectivity index (χ3v) is 3.40. The third-order valence-electron chi connectivity index (χ3n) is 3.40. The largest absolute Gasteiger partial charge is 0.359 e. The van der Waals surface area contributed by atoms with E-state index in [2.05, 4.69) is 32.9 Å². The van der Waals surface area contributed by atoms with Gasteiger partial charge in [-0.3, -0.25) is 0 Å². The molecular weight excluding hydrogens is 212 g/mol. The maximum absolute atomic E-state index is 4.45. The second kappa shape index (κ2) is 5.54. The topological polar surface area (TPSA) is 33.1 Å². The highest BCUT2D eigenvalue weighted by atomic mass is 15.2. The zero-order chi connectivity index (χ0) is 12.3. The van der Waals surface area contributed by atoms with Crippen molar-refractivity contribution in [2.75, 3.05) is 32.0 Å². The van der Waals surface area contributed by atoms with E-state index in [0.717, 1.165) is 18.2 Å². The van der Waals surface area contributed by atoms with Crippen molar-refractivity contribution in [1.29, 1.82) is 0 Å². The minimum atomic E-state index is 0.675. The van der Waals surface area contributed by atoms with E-state index in [9.17, 15) is 0 Å². The van der Waals surface area contributed by atoms with Crippen LogP contribution in [0.15, 0.2) is 6.20 Å². The molecule has 1 unspecified atom stereocenters. The van der Waals surface area contributed by atoms with Gasteiger partial charge >= 0.3 is 0 Å². The van der Waals surface area contributed by atoms with Crippen molar-refractivity contribution in [2.24, 2.45) is 5.92 Å². The Balaban J connectivity index is 1.90. The van der Waals surface area contributed by atoms with Gasteiger partial charge in [-0.15, -0.1) is 0 Å². The van der Waals surface area contributed by atoms with Crippen molar-refractivity contribution in [2.45, 2.75) is 33.2 Å². The van der Waals surface area contributed by atoms with Crippen molar-refractivity contribution in [3.8, 4) is 0 Å². The number of nitrogens with one attached hydrogen (secondary N) is 1. The normalized spacial score (nSPS) is 18.5. The summed E-state index contributed by atoms with van der Waals surface area (Å²) in [5, 5.41) is 3.15. The molecule has 4 heteroatoms. The highest BCUT2D eigenvalue weighted by molar-refractivity contribution is 5.27. The molecule has 1 aliphatic heterocycles. The summed E-state index contributed by atoms with van der Waals surface area (Å²) in [5.41, 5.74) is 1.09. The summed E-state index contributed by atoms with van der Waals surface area (Å²) in [6.45, 7) is 9.20. The minimum absolute atomic E-state index is 0.675. The molecule has 2 rings (SSSR count). The smallest absolute Gasteiger partial charge is 0.202 e. The third kappa shape index (κ3) is 3.22. The summed E-state index contributed by atoms with van der Waals surface area (Å²) in [4.78, 5) is 7.03. The average molecular weight is 236 g/mol. The SMILES string of the molecule is CNc1nc(C)cn1CC(C)CN1CCCC1. The molecule has 1 N–H and O–H groups in total. The molecule has 0 bridgehead atoms. The molecule has 0 aromatic carbocycles. The van der Waals surface area contributed by atoms with Gasteiger partial charge in [-0.2, -0.15) is 0 Å². The number of aromatic nitrogens is 2. The van der Waals surface area contributed by atoms with E-state index in [1.807, 2.05) is 14.0 Å². The first-order chi connectivity index (χ1) is 8.19. The molecule has 1 saturated heterocycles. The van der Waals surface area contributed by atoms with E-state index in [0.29, 0.717) is 5.92 Å². The number of imidazole rings is 1. The molecule has 1 aliphatic rings. The molecular formula is C13H24N4. The first-order valence-corrected chi connectivity index (χ1v) is 6.63. The van der Waals surface area contributed by atoms with E-state index in [-0.39, 0.29) is 0 Å². The second-order valence-electron chi connectivity index (χ2n) is 5.22. The summed E-state index contributed by atoms with van der Waals surface area (Å²) in [6.07, 6.45) is 4.88. The molecule has 0 radical (unpaired) electrons. The van der Waals surface area contributed by atoms with Gasteiger partial charge in [-0.25, -0.2) is 4.98 Å². The zero-order valence-electron chi connectivity index (χ0n) is 11.2. The molecule has 1 aromatic heterocycles. The van der Waals surface area contributed by atoms with Crippen LogP contribution in [0.2, 0.25) is 0 Å². The molecule has 0 amide bonds. The summed E-state index contributed by atoms with van der Waals surface area (Å²) < 4.78 is 2.23. The predicted molar refractivity (Wildman–Crippen MR) is 71.3 cm³/mol. The van der Waals surface area contributed by atoms with Gasteiger partial charge in [0.2, 0.25) is 5.95 Å². The molecule has 0 saturated carbocycles. The van der Waals surface area contributed by atoms with Gasteiger partial charge in [-0.05, 0) is 38.8 Å². The quantitative estimate of drug-likeness (QED) is 0.848. The Hall–Kier alpha value is -1.03. The number of hydrogen-bond acceptors (Lipinski definition) is 3. The molecule has 0 spiro atoms. The average Bonchev–Trinajstić information content (AvgIpc) is 2.88. The van der Waals surface area contributed by atoms with Crippen LogP contribution in [0.25, 0.3) is 0 Å². The van der Waals surface area contributed by atoms with Crippen LogP contribution in [0.3, 0.4) is 0 Å². The maximum atomic E-state index is 4.45. The Morgan fingerprint density at radius 2 is 2.06 bits per heavy atom. The standard InChI is InChI=1S/C13H24N4/c1-11(8-16-6-4-5-7-16)9-17-10-12(2)15-13(17)14-3/h10-11H,4-9H2,1-3H3,(H,14,15). The van der Waals surface area contributed by atoms with Crippen molar-refractivity contribution < 1.29 is 0 Å². The van der Waals surface area contributed by atoms with Gasteiger partial charge in [0.25, 0.3) is 0 Å². The van der Waals surface area contributed by atoms with Crippen LogP contribution in [0.4, 0.5) is 5.95 Å². The van der Waals surface area contributed by atoms with Crippen LogP contribution >= 0.6 is 0 Å². The molecule has 2 heterocycles. The number of likely N-dealkylation sites (tertiary alicyclic amines) is 1. The monoisotopic (exact) mass is 236 g/mol. The fourth-order valence-electron chi connectivity index (χ4n) is 2.68. The fourth-order valence-corrected chi connectivity index (χ4v) is 2.68. The van der Waals surface area contributed by atoms with Crippen LogP contribution in [0, 0.1) is 12.8 Å². The number of anilines is 1. The maximum Gasteiger partial charge on any atom is 0.202 e. The van der Waals surface area contributed by atoms with Gasteiger partial charge in [0.1, 0.15) is 0 Å². The van der Waals surface area contributed by atoms with E-state index >= 15 is 0 Å². The summed E-state index contributed by atoms with van der Waals surface area (Å²) in [5.74, 6) is 1.66. The molecule has 1 fully saturated rings. The Bertz CT molecular complexity index is 352. The van der Waals surface area contributed by atoms with E-state index in [1.165, 1.54) is 32.5 Å². The lowest BCUT2D eigenvalue weighted by Crippen LogP contribution is -2.27. The lowest BCUT2D eigenvalue weighted by atomic mass is 10.1. The van der Waals surface area contributed by atoms with Crippen LogP contribution < -0.4 is 5.32 Å². The number of aryl methyl sites for hydroxylation is 1. The predicted octanol–water partition coefficient (Wildman–Crippen LogP) is 1.97. The summed E-state index contributed by atoms with van der Waals surface area (Å²) >= 11 is 0. The van der Waals surface area contributed by atoms with Gasteiger partial charge < -0.3 is 14.8 Å². The Kier molecular flexibility index (Phi) is 4.05. The lowest BCUT2D eigenvalue weighted by molar-refractivity contribution is 0.272. The van der Waals surface area contributed by atoms with E-state index in [4.69, 9.17) is 0 Å². The van der Waals surface area contributed by atoms with Crippen LogP contribution in [-0.2, 0) is 6.54 Å². The fraction of sp³-hybridized carbons (Fsp3) is 0.769.